The molecule has 1 amide bonds. The van der Waals surface area contributed by atoms with Crippen molar-refractivity contribution in [3.63, 3.8) is 0 Å². The number of ether oxygens (including phenoxy) is 1. The van der Waals surface area contributed by atoms with Gasteiger partial charge in [0.15, 0.2) is 0 Å². The third-order valence-corrected chi connectivity index (χ3v) is 9.03. The second-order valence-corrected chi connectivity index (χ2v) is 12.1. The van der Waals surface area contributed by atoms with Gasteiger partial charge in [0.1, 0.15) is 11.9 Å². The summed E-state index contributed by atoms with van der Waals surface area (Å²) in [6.45, 7) is 4.24. The monoisotopic (exact) mass is 537 g/mol. The first kappa shape index (κ1) is 26.0. The maximum Gasteiger partial charge on any atom is 0.225 e. The van der Waals surface area contributed by atoms with Crippen molar-refractivity contribution in [3.05, 3.63) is 58.1 Å². The van der Waals surface area contributed by atoms with Crippen LogP contribution in [0.2, 0.25) is 5.02 Å². The van der Waals surface area contributed by atoms with Crippen molar-refractivity contribution in [3.8, 4) is 5.75 Å². The predicted octanol–water partition coefficient (Wildman–Crippen LogP) is 4.90. The third-order valence-electron chi connectivity index (χ3n) is 8.73. The fourth-order valence-electron chi connectivity index (χ4n) is 6.29. The first-order valence-corrected chi connectivity index (χ1v) is 14.9. The maximum absolute atomic E-state index is 13.5. The van der Waals surface area contributed by atoms with Gasteiger partial charge >= 0.3 is 0 Å². The van der Waals surface area contributed by atoms with Crippen molar-refractivity contribution in [1.29, 1.82) is 0 Å². The Labute approximate surface area is 231 Å². The number of nitrogens with zero attached hydrogens (tertiary/aromatic N) is 2. The van der Waals surface area contributed by atoms with Gasteiger partial charge in [-0.05, 0) is 112 Å². The van der Waals surface area contributed by atoms with Crippen LogP contribution in [0.1, 0.15) is 67.7 Å². The Balaban J connectivity index is 1.12. The van der Waals surface area contributed by atoms with Gasteiger partial charge in [-0.25, -0.2) is 0 Å². The van der Waals surface area contributed by atoms with Gasteiger partial charge in [-0.2, -0.15) is 0 Å². The van der Waals surface area contributed by atoms with E-state index >= 15 is 0 Å². The van der Waals surface area contributed by atoms with Crippen LogP contribution in [-0.4, -0.2) is 60.8 Å². The second kappa shape index (κ2) is 11.4. The Bertz CT molecular complexity index is 1150. The zero-order chi connectivity index (χ0) is 26.1. The number of carbonyl (C=O) groups excluding carboxylic acids is 1. The average molecular weight is 538 g/mol. The van der Waals surface area contributed by atoms with Crippen LogP contribution in [0.4, 0.5) is 5.69 Å². The molecule has 6 nitrogen and oxygen atoms in total. The molecule has 0 aromatic heterocycles. The van der Waals surface area contributed by atoms with Crippen LogP contribution < -0.4 is 15.0 Å². The number of fused-ring (bicyclic) bond motifs is 1. The van der Waals surface area contributed by atoms with Crippen molar-refractivity contribution >= 4 is 23.2 Å². The number of halogens is 1. The second-order valence-electron chi connectivity index (χ2n) is 11.7. The summed E-state index contributed by atoms with van der Waals surface area (Å²) in [7, 11) is 0. The number of aliphatic hydroxyl groups is 1. The lowest BCUT2D eigenvalue weighted by Gasteiger charge is -2.30. The Kier molecular flexibility index (Phi) is 7.82. The Hall–Kier alpha value is -2.28. The summed E-state index contributed by atoms with van der Waals surface area (Å²) in [5.41, 5.74) is 4.91. The number of amides is 1. The standard InChI is InChI=1S/C31H40ClN3O3/c32-27-18-23(8-12-29(27)38-26-10-11-26)30(36)28(20-34-14-3-4-15-34)33-31(37)24-13-16-35(19-24)25-9-7-21-5-1-2-6-22(21)17-25/h7-9,12,17-18,24,26,28,30,36H,1-6,10-11,13-16,19-20H2,(H,33,37). The molecule has 3 atom stereocenters. The topological polar surface area (TPSA) is 65.0 Å². The minimum Gasteiger partial charge on any atom is -0.489 e. The van der Waals surface area contributed by atoms with Gasteiger partial charge in [0.25, 0.3) is 0 Å². The molecule has 2 N–H and O–H groups in total. The summed E-state index contributed by atoms with van der Waals surface area (Å²) in [6, 6.07) is 12.0. The Morgan fingerprint density at radius 1 is 1.00 bits per heavy atom. The molecule has 2 aromatic rings. The van der Waals surface area contributed by atoms with Crippen LogP contribution in [0, 0.1) is 5.92 Å². The van der Waals surface area contributed by atoms with E-state index in [9.17, 15) is 9.90 Å². The SMILES string of the molecule is O=C(NC(CN1CCCC1)C(O)c1ccc(OC2CC2)c(Cl)c1)C1CCN(c2ccc3c(c2)CCCC3)C1. The van der Waals surface area contributed by atoms with Crippen molar-refractivity contribution in [1.82, 2.24) is 10.2 Å². The minimum absolute atomic E-state index is 0.0356. The van der Waals surface area contributed by atoms with E-state index in [-0.39, 0.29) is 17.9 Å². The molecule has 2 aromatic carbocycles. The number of likely N-dealkylation sites (tertiary alicyclic amines) is 1. The zero-order valence-corrected chi connectivity index (χ0v) is 23.0. The van der Waals surface area contributed by atoms with Gasteiger partial charge in [0, 0.05) is 25.3 Å². The number of benzene rings is 2. The van der Waals surface area contributed by atoms with Crippen LogP contribution in [0.15, 0.2) is 36.4 Å². The molecule has 4 aliphatic rings. The van der Waals surface area contributed by atoms with E-state index in [0.29, 0.717) is 22.9 Å². The van der Waals surface area contributed by atoms with Gasteiger partial charge in [0.05, 0.1) is 23.1 Å². The van der Waals surface area contributed by atoms with E-state index in [1.165, 1.54) is 36.1 Å². The molecule has 1 saturated carbocycles. The molecular weight excluding hydrogens is 498 g/mol. The highest BCUT2D eigenvalue weighted by atomic mass is 35.5. The highest BCUT2D eigenvalue weighted by molar-refractivity contribution is 6.32. The molecule has 2 aliphatic heterocycles. The summed E-state index contributed by atoms with van der Waals surface area (Å²) in [5, 5.41) is 15.2. The summed E-state index contributed by atoms with van der Waals surface area (Å²) < 4.78 is 5.87. The lowest BCUT2D eigenvalue weighted by Crippen LogP contribution is -2.48. The van der Waals surface area contributed by atoms with Gasteiger partial charge in [-0.3, -0.25) is 4.79 Å². The summed E-state index contributed by atoms with van der Waals surface area (Å²) in [6.07, 6.45) is 9.60. The fraction of sp³-hybridized carbons (Fsp3) is 0.581. The van der Waals surface area contributed by atoms with Crippen LogP contribution in [0.3, 0.4) is 0 Å². The molecule has 2 heterocycles. The zero-order valence-electron chi connectivity index (χ0n) is 22.2. The lowest BCUT2D eigenvalue weighted by molar-refractivity contribution is -0.126. The van der Waals surface area contributed by atoms with E-state index in [1.807, 2.05) is 12.1 Å². The Morgan fingerprint density at radius 3 is 2.55 bits per heavy atom. The molecule has 2 aliphatic carbocycles. The van der Waals surface area contributed by atoms with Crippen molar-refractivity contribution in [2.75, 3.05) is 37.6 Å². The molecule has 38 heavy (non-hydrogen) atoms. The highest BCUT2D eigenvalue weighted by Gasteiger charge is 2.33. The van der Waals surface area contributed by atoms with Crippen molar-refractivity contribution in [2.45, 2.75) is 76.0 Å². The van der Waals surface area contributed by atoms with Gasteiger partial charge in [0.2, 0.25) is 5.91 Å². The van der Waals surface area contributed by atoms with Crippen molar-refractivity contribution in [2.24, 2.45) is 5.92 Å². The quantitative estimate of drug-likeness (QED) is 0.476. The summed E-state index contributed by atoms with van der Waals surface area (Å²) >= 11 is 6.51. The average Bonchev–Trinajstić information content (AvgIpc) is 3.37. The smallest absolute Gasteiger partial charge is 0.225 e. The molecule has 0 spiro atoms. The van der Waals surface area contributed by atoms with Gasteiger partial charge < -0.3 is 25.0 Å². The van der Waals surface area contributed by atoms with Crippen LogP contribution in [0.25, 0.3) is 0 Å². The predicted molar refractivity (Wildman–Crippen MR) is 151 cm³/mol. The van der Waals surface area contributed by atoms with Crippen LogP contribution >= 0.6 is 11.6 Å². The molecular formula is C31H40ClN3O3. The number of anilines is 1. The van der Waals surface area contributed by atoms with E-state index in [0.717, 1.165) is 64.7 Å². The van der Waals surface area contributed by atoms with E-state index in [1.54, 1.807) is 6.07 Å². The van der Waals surface area contributed by atoms with E-state index in [2.05, 4.69) is 33.3 Å². The lowest BCUT2D eigenvalue weighted by atomic mass is 9.91. The maximum atomic E-state index is 13.5. The van der Waals surface area contributed by atoms with E-state index < -0.39 is 12.1 Å². The number of aliphatic hydroxyl groups excluding tert-OH is 1. The molecule has 0 bridgehead atoms. The minimum atomic E-state index is -0.842. The molecule has 2 saturated heterocycles. The highest BCUT2D eigenvalue weighted by Crippen LogP contribution is 2.35. The number of hydrogen-bond donors (Lipinski definition) is 2. The largest absolute Gasteiger partial charge is 0.489 e. The molecule has 0 radical (unpaired) electrons. The molecule has 6 rings (SSSR count). The number of nitrogens with one attached hydrogen (secondary N) is 1. The first-order chi connectivity index (χ1) is 18.5. The van der Waals surface area contributed by atoms with Crippen LogP contribution in [-0.2, 0) is 17.6 Å². The van der Waals surface area contributed by atoms with Gasteiger partial charge in [-0.1, -0.05) is 23.7 Å². The van der Waals surface area contributed by atoms with Gasteiger partial charge in [-0.15, -0.1) is 0 Å². The number of aryl methyl sites for hydroxylation is 2. The van der Waals surface area contributed by atoms with Crippen molar-refractivity contribution < 1.29 is 14.6 Å². The fourth-order valence-corrected chi connectivity index (χ4v) is 6.52. The molecule has 7 heteroatoms. The summed E-state index contributed by atoms with van der Waals surface area (Å²) in [4.78, 5) is 18.2. The first-order valence-electron chi connectivity index (χ1n) is 14.6. The molecule has 3 fully saturated rings. The molecule has 204 valence electrons. The summed E-state index contributed by atoms with van der Waals surface area (Å²) in [5.74, 6) is 0.615. The number of hydrogen-bond acceptors (Lipinski definition) is 5. The third kappa shape index (κ3) is 5.98. The molecule has 3 unspecified atom stereocenters. The number of rotatable bonds is 9. The number of carbonyl (C=O) groups is 1. The normalized spacial score (nSPS) is 23.2. The van der Waals surface area contributed by atoms with Crippen LogP contribution in [0.5, 0.6) is 5.75 Å². The Morgan fingerprint density at radius 2 is 1.79 bits per heavy atom. The van der Waals surface area contributed by atoms with E-state index in [4.69, 9.17) is 16.3 Å².